The molecule has 0 radical (unpaired) electrons. The zero-order valence-electron chi connectivity index (χ0n) is 16.6. The first kappa shape index (κ1) is 19.8. The molecule has 9 heteroatoms. The van der Waals surface area contributed by atoms with Gasteiger partial charge in [-0.2, -0.15) is 4.31 Å². The molecule has 1 aromatic carbocycles. The number of thiophene rings is 1. The van der Waals surface area contributed by atoms with Gasteiger partial charge in [0, 0.05) is 42.6 Å². The summed E-state index contributed by atoms with van der Waals surface area (Å²) in [6, 6.07) is 8.73. The molecule has 30 heavy (non-hydrogen) atoms. The third kappa shape index (κ3) is 3.70. The van der Waals surface area contributed by atoms with Crippen molar-refractivity contribution in [1.29, 1.82) is 0 Å². The molecule has 2 fully saturated rings. The zero-order valence-corrected chi connectivity index (χ0v) is 18.2. The maximum absolute atomic E-state index is 12.6. The quantitative estimate of drug-likeness (QED) is 0.753. The van der Waals surface area contributed by atoms with Crippen LogP contribution in [0.25, 0.3) is 0 Å². The van der Waals surface area contributed by atoms with Gasteiger partial charge in [0.2, 0.25) is 5.91 Å². The Morgan fingerprint density at radius 2 is 1.77 bits per heavy atom. The molecule has 0 bridgehead atoms. The van der Waals surface area contributed by atoms with Crippen molar-refractivity contribution < 1.29 is 22.7 Å². The molecule has 7 nitrogen and oxygen atoms in total. The van der Waals surface area contributed by atoms with Crippen molar-refractivity contribution in [2.24, 2.45) is 0 Å². The molecule has 3 aliphatic rings. The third-order valence-electron chi connectivity index (χ3n) is 5.82. The third-order valence-corrected chi connectivity index (χ3v) is 9.27. The number of ether oxygens (including phenoxy) is 2. The van der Waals surface area contributed by atoms with Gasteiger partial charge in [0.05, 0.1) is 6.42 Å². The number of hydrogen-bond acceptors (Lipinski definition) is 6. The Kier molecular flexibility index (Phi) is 4.99. The number of anilines is 1. The Morgan fingerprint density at radius 3 is 2.53 bits per heavy atom. The van der Waals surface area contributed by atoms with Crippen LogP contribution in [0.5, 0.6) is 11.5 Å². The fraction of sp³-hybridized carbons (Fsp3) is 0.476. The average molecular weight is 449 g/mol. The molecule has 160 valence electrons. The Hall–Kier alpha value is -2.10. The molecular formula is C21H24N2O5S2. The van der Waals surface area contributed by atoms with Crippen molar-refractivity contribution >= 4 is 33.0 Å². The Balaban J connectivity index is 1.23. The summed E-state index contributed by atoms with van der Waals surface area (Å²) >= 11 is 1.16. The second-order valence-electron chi connectivity index (χ2n) is 8.04. The summed E-state index contributed by atoms with van der Waals surface area (Å²) in [5.74, 6) is 0.644. The van der Waals surface area contributed by atoms with Crippen molar-refractivity contribution in [1.82, 2.24) is 4.31 Å². The molecule has 1 N–H and O–H groups in total. The lowest BCUT2D eigenvalue weighted by atomic mass is 10.2. The van der Waals surface area contributed by atoms with Gasteiger partial charge in [0.25, 0.3) is 15.8 Å². The van der Waals surface area contributed by atoms with Gasteiger partial charge in [-0.15, -0.1) is 11.3 Å². The topological polar surface area (TPSA) is 84.9 Å². The van der Waals surface area contributed by atoms with Gasteiger partial charge >= 0.3 is 0 Å². The van der Waals surface area contributed by atoms with Crippen LogP contribution in [0.2, 0.25) is 0 Å². The van der Waals surface area contributed by atoms with Gasteiger partial charge in [-0.1, -0.05) is 0 Å². The number of nitrogens with one attached hydrogen (secondary N) is 1. The highest BCUT2D eigenvalue weighted by molar-refractivity contribution is 7.91. The molecule has 1 amide bonds. The van der Waals surface area contributed by atoms with E-state index in [1.54, 1.807) is 24.3 Å². The second-order valence-corrected chi connectivity index (χ2v) is 11.4. The molecule has 0 unspecified atom stereocenters. The lowest BCUT2D eigenvalue weighted by Gasteiger charge is -2.21. The van der Waals surface area contributed by atoms with Crippen LogP contribution in [0.15, 0.2) is 34.5 Å². The molecule has 5 rings (SSSR count). The lowest BCUT2D eigenvalue weighted by Crippen LogP contribution is -2.34. The van der Waals surface area contributed by atoms with Crippen LogP contribution in [-0.2, 0) is 21.2 Å². The van der Waals surface area contributed by atoms with Gasteiger partial charge in [-0.05, 0) is 49.9 Å². The molecule has 0 atom stereocenters. The normalized spacial score (nSPS) is 20.1. The number of carbonyl (C=O) groups excluding carboxylic acids is 1. The van der Waals surface area contributed by atoms with Crippen LogP contribution in [-0.4, -0.2) is 37.5 Å². The van der Waals surface area contributed by atoms with Crippen molar-refractivity contribution in [3.63, 3.8) is 0 Å². The van der Waals surface area contributed by atoms with E-state index >= 15 is 0 Å². The summed E-state index contributed by atoms with van der Waals surface area (Å²) in [5, 5.41) is 2.87. The van der Waals surface area contributed by atoms with Gasteiger partial charge in [-0.3, -0.25) is 4.79 Å². The predicted octanol–water partition coefficient (Wildman–Crippen LogP) is 3.76. The van der Waals surface area contributed by atoms with Crippen molar-refractivity contribution in [2.75, 3.05) is 18.4 Å². The Labute approximate surface area is 180 Å². The summed E-state index contributed by atoms with van der Waals surface area (Å²) in [7, 11) is -3.44. The maximum atomic E-state index is 12.6. The van der Waals surface area contributed by atoms with Gasteiger partial charge < -0.3 is 14.8 Å². The molecule has 1 aliphatic carbocycles. The minimum absolute atomic E-state index is 0.124. The molecule has 1 saturated heterocycles. The highest BCUT2D eigenvalue weighted by atomic mass is 32.2. The smallest absolute Gasteiger partial charge is 0.252 e. The molecule has 2 aliphatic heterocycles. The number of hydrogen-bond donors (Lipinski definition) is 1. The van der Waals surface area contributed by atoms with Gasteiger partial charge in [0.15, 0.2) is 11.5 Å². The highest BCUT2D eigenvalue weighted by Gasteiger charge is 2.44. The first-order valence-electron chi connectivity index (χ1n) is 10.3. The Bertz CT molecular complexity index is 1070. The average Bonchev–Trinajstić information content (AvgIpc) is 3.49. The van der Waals surface area contributed by atoms with Crippen molar-refractivity contribution in [3.8, 4) is 11.5 Å². The van der Waals surface area contributed by atoms with E-state index < -0.39 is 15.8 Å². The Morgan fingerprint density at radius 1 is 1.03 bits per heavy atom. The maximum Gasteiger partial charge on any atom is 0.252 e. The lowest BCUT2D eigenvalue weighted by molar-refractivity contribution is -0.115. The fourth-order valence-electron chi connectivity index (χ4n) is 4.30. The zero-order chi connectivity index (χ0) is 20.8. The van der Waals surface area contributed by atoms with Gasteiger partial charge in [0.1, 0.15) is 4.21 Å². The number of carbonyl (C=O) groups is 1. The van der Waals surface area contributed by atoms with Crippen molar-refractivity contribution in [2.45, 2.75) is 54.9 Å². The minimum Gasteiger partial charge on any atom is -0.448 e. The summed E-state index contributed by atoms with van der Waals surface area (Å²) in [6.45, 7) is 1.14. The highest BCUT2D eigenvalue weighted by Crippen LogP contribution is 2.47. The number of nitrogens with zero attached hydrogens (tertiary/aromatic N) is 1. The minimum atomic E-state index is -3.44. The van der Waals surface area contributed by atoms with E-state index in [9.17, 15) is 13.2 Å². The fourth-order valence-corrected chi connectivity index (χ4v) is 7.33. The molecule has 1 saturated carbocycles. The van der Waals surface area contributed by atoms with Gasteiger partial charge in [-0.25, -0.2) is 8.42 Å². The SMILES string of the molecule is O=C(Cc1ccc(S(=O)(=O)N2CCCC2)s1)Nc1ccc2c(c1)OC1(CCCC1)O2. The molecule has 1 spiro atoms. The summed E-state index contributed by atoms with van der Waals surface area (Å²) in [4.78, 5) is 13.2. The van der Waals surface area contributed by atoms with E-state index in [1.165, 1.54) is 4.31 Å². The van der Waals surface area contributed by atoms with E-state index in [0.717, 1.165) is 54.7 Å². The largest absolute Gasteiger partial charge is 0.448 e. The van der Waals surface area contributed by atoms with Crippen LogP contribution >= 0.6 is 11.3 Å². The van der Waals surface area contributed by atoms with E-state index in [0.29, 0.717) is 34.5 Å². The van der Waals surface area contributed by atoms with Crippen LogP contribution in [0.3, 0.4) is 0 Å². The molecular weight excluding hydrogens is 424 g/mol. The molecule has 2 aromatic rings. The molecule has 3 heterocycles. The van der Waals surface area contributed by atoms with Crippen LogP contribution in [0.1, 0.15) is 43.4 Å². The number of rotatable bonds is 5. The predicted molar refractivity (Wildman–Crippen MR) is 114 cm³/mol. The number of sulfonamides is 1. The van der Waals surface area contributed by atoms with Crippen molar-refractivity contribution in [3.05, 3.63) is 35.2 Å². The van der Waals surface area contributed by atoms with E-state index in [-0.39, 0.29) is 12.3 Å². The van der Waals surface area contributed by atoms with E-state index in [1.807, 2.05) is 6.07 Å². The molecule has 1 aromatic heterocycles. The van der Waals surface area contributed by atoms with Crippen LogP contribution < -0.4 is 14.8 Å². The monoisotopic (exact) mass is 448 g/mol. The van der Waals surface area contributed by atoms with E-state index in [4.69, 9.17) is 9.47 Å². The summed E-state index contributed by atoms with van der Waals surface area (Å²) in [5.41, 5.74) is 0.638. The first-order chi connectivity index (χ1) is 14.4. The summed E-state index contributed by atoms with van der Waals surface area (Å²) in [6.07, 6.45) is 5.86. The summed E-state index contributed by atoms with van der Waals surface area (Å²) < 4.78 is 39.2. The second kappa shape index (κ2) is 7.55. The number of fused-ring (bicyclic) bond motifs is 1. The van der Waals surface area contributed by atoms with Crippen LogP contribution in [0, 0.1) is 0 Å². The number of amides is 1. The van der Waals surface area contributed by atoms with Crippen LogP contribution in [0.4, 0.5) is 5.69 Å². The van der Waals surface area contributed by atoms with E-state index in [2.05, 4.69) is 5.32 Å². The first-order valence-corrected chi connectivity index (χ1v) is 12.6. The standard InChI is InChI=1S/C21H24N2O5S2/c24-19(14-16-6-8-20(29-16)30(25,26)23-11-3-4-12-23)22-15-5-7-17-18(13-15)28-21(27-17)9-1-2-10-21/h5-8,13H,1-4,9-12,14H2,(H,22,24). The number of benzene rings is 1.